The molecule has 0 spiro atoms. The molecule has 1 N–H and O–H groups in total. The minimum Gasteiger partial charge on any atom is -0.390 e. The van der Waals surface area contributed by atoms with Crippen molar-refractivity contribution in [1.29, 1.82) is 0 Å². The van der Waals surface area contributed by atoms with E-state index in [2.05, 4.69) is 24.0 Å². The molecule has 0 radical (unpaired) electrons. The summed E-state index contributed by atoms with van der Waals surface area (Å²) >= 11 is 6.25. The minimum atomic E-state index is -0.536. The van der Waals surface area contributed by atoms with Crippen molar-refractivity contribution in [2.24, 2.45) is 5.92 Å². The van der Waals surface area contributed by atoms with Crippen molar-refractivity contribution >= 4 is 22.5 Å². The van der Waals surface area contributed by atoms with Crippen LogP contribution in [0.4, 0.5) is 0 Å². The van der Waals surface area contributed by atoms with Crippen LogP contribution in [0.3, 0.4) is 0 Å². The summed E-state index contributed by atoms with van der Waals surface area (Å²) in [5.41, 5.74) is 1.38. The SMILES string of the molecule is CC[C@@H]1CN(Cc2ccc3cccc(Cl)c3n2)CC[C@]1(C)O. The maximum absolute atomic E-state index is 10.4. The first-order valence-corrected chi connectivity index (χ1v) is 8.36. The van der Waals surface area contributed by atoms with Crippen LogP contribution < -0.4 is 0 Å². The van der Waals surface area contributed by atoms with Crippen LogP contribution in [0.1, 0.15) is 32.4 Å². The van der Waals surface area contributed by atoms with E-state index < -0.39 is 5.60 Å². The van der Waals surface area contributed by atoms with Gasteiger partial charge in [0.15, 0.2) is 0 Å². The molecule has 0 unspecified atom stereocenters. The third-order valence-corrected chi connectivity index (χ3v) is 5.20. The molecular weight excluding hydrogens is 296 g/mol. The van der Waals surface area contributed by atoms with Crippen LogP contribution in [0.15, 0.2) is 30.3 Å². The van der Waals surface area contributed by atoms with E-state index in [1.54, 1.807) is 0 Å². The van der Waals surface area contributed by atoms with E-state index >= 15 is 0 Å². The Morgan fingerprint density at radius 2 is 2.18 bits per heavy atom. The Morgan fingerprint density at radius 3 is 2.95 bits per heavy atom. The van der Waals surface area contributed by atoms with Crippen molar-refractivity contribution in [3.63, 3.8) is 0 Å². The number of hydrogen-bond acceptors (Lipinski definition) is 3. The Balaban J connectivity index is 1.77. The first-order chi connectivity index (χ1) is 10.5. The monoisotopic (exact) mass is 318 g/mol. The fourth-order valence-electron chi connectivity index (χ4n) is 3.37. The maximum Gasteiger partial charge on any atom is 0.0891 e. The molecule has 0 saturated carbocycles. The summed E-state index contributed by atoms with van der Waals surface area (Å²) in [5.74, 6) is 0.324. The van der Waals surface area contributed by atoms with Crippen molar-refractivity contribution in [2.75, 3.05) is 13.1 Å². The maximum atomic E-state index is 10.4. The van der Waals surface area contributed by atoms with Crippen LogP contribution >= 0.6 is 11.6 Å². The molecule has 2 heterocycles. The minimum absolute atomic E-state index is 0.324. The number of nitrogens with zero attached hydrogens (tertiary/aromatic N) is 2. The fraction of sp³-hybridized carbons (Fsp3) is 0.500. The summed E-state index contributed by atoms with van der Waals surface area (Å²) in [7, 11) is 0. The number of aromatic nitrogens is 1. The second-order valence-electron chi connectivity index (χ2n) is 6.56. The molecule has 3 rings (SSSR count). The highest BCUT2D eigenvalue weighted by molar-refractivity contribution is 6.35. The van der Waals surface area contributed by atoms with Crippen molar-refractivity contribution in [3.8, 4) is 0 Å². The Morgan fingerprint density at radius 1 is 1.36 bits per heavy atom. The average Bonchev–Trinajstić information content (AvgIpc) is 2.50. The van der Waals surface area contributed by atoms with Crippen LogP contribution in [-0.2, 0) is 6.54 Å². The van der Waals surface area contributed by atoms with E-state index in [4.69, 9.17) is 16.6 Å². The van der Waals surface area contributed by atoms with Crippen LogP contribution in [-0.4, -0.2) is 33.7 Å². The van der Waals surface area contributed by atoms with Gasteiger partial charge in [-0.3, -0.25) is 4.90 Å². The van der Waals surface area contributed by atoms with Crippen LogP contribution in [0.25, 0.3) is 10.9 Å². The summed E-state index contributed by atoms with van der Waals surface area (Å²) < 4.78 is 0. The number of rotatable bonds is 3. The van der Waals surface area contributed by atoms with Gasteiger partial charge in [0.1, 0.15) is 0 Å². The normalized spacial score (nSPS) is 26.5. The molecule has 22 heavy (non-hydrogen) atoms. The number of para-hydroxylation sites is 1. The lowest BCUT2D eigenvalue weighted by Crippen LogP contribution is -2.49. The highest BCUT2D eigenvalue weighted by Crippen LogP contribution is 2.30. The molecule has 3 nitrogen and oxygen atoms in total. The molecule has 4 heteroatoms. The van der Waals surface area contributed by atoms with Crippen LogP contribution in [0.2, 0.25) is 5.02 Å². The van der Waals surface area contributed by atoms with Crippen molar-refractivity contribution < 1.29 is 5.11 Å². The average molecular weight is 319 g/mol. The highest BCUT2D eigenvalue weighted by Gasteiger charge is 2.36. The molecule has 1 fully saturated rings. The van der Waals surface area contributed by atoms with Gasteiger partial charge in [0, 0.05) is 25.0 Å². The third kappa shape index (κ3) is 3.12. The van der Waals surface area contributed by atoms with Gasteiger partial charge in [0.25, 0.3) is 0 Å². The largest absolute Gasteiger partial charge is 0.390 e. The number of fused-ring (bicyclic) bond motifs is 1. The summed E-state index contributed by atoms with van der Waals surface area (Å²) in [6.45, 7) is 6.76. The first kappa shape index (κ1) is 15.7. The van der Waals surface area contributed by atoms with Gasteiger partial charge in [-0.25, -0.2) is 4.98 Å². The standard InChI is InChI=1S/C18H23ClN2O/c1-3-14-11-21(10-9-18(14,2)22)12-15-8-7-13-5-4-6-16(19)17(13)20-15/h4-8,14,22H,3,9-12H2,1-2H3/t14-,18+/m1/s1. The zero-order valence-electron chi connectivity index (χ0n) is 13.2. The van der Waals surface area contributed by atoms with Crippen molar-refractivity contribution in [1.82, 2.24) is 9.88 Å². The Kier molecular flexibility index (Phi) is 4.40. The molecule has 1 aromatic carbocycles. The predicted octanol–water partition coefficient (Wildman–Crippen LogP) is 3.87. The molecule has 1 aliphatic rings. The van der Waals surface area contributed by atoms with E-state index in [1.165, 1.54) is 0 Å². The number of hydrogen-bond donors (Lipinski definition) is 1. The van der Waals surface area contributed by atoms with Gasteiger partial charge >= 0.3 is 0 Å². The molecule has 0 aliphatic carbocycles. The molecule has 1 aromatic heterocycles. The second kappa shape index (κ2) is 6.15. The van der Waals surface area contributed by atoms with Crippen LogP contribution in [0.5, 0.6) is 0 Å². The molecule has 1 saturated heterocycles. The molecule has 2 atom stereocenters. The molecule has 1 aliphatic heterocycles. The van der Waals surface area contributed by atoms with E-state index in [1.807, 2.05) is 25.1 Å². The van der Waals surface area contributed by atoms with Gasteiger partial charge in [0.05, 0.1) is 21.8 Å². The topological polar surface area (TPSA) is 36.4 Å². The Labute approximate surface area is 136 Å². The van der Waals surface area contributed by atoms with Gasteiger partial charge in [-0.15, -0.1) is 0 Å². The predicted molar refractivity (Wildman–Crippen MR) is 91.1 cm³/mol. The van der Waals surface area contributed by atoms with E-state index in [0.29, 0.717) is 10.9 Å². The number of aliphatic hydroxyl groups is 1. The number of pyridine rings is 1. The summed E-state index contributed by atoms with van der Waals surface area (Å²) in [6.07, 6.45) is 1.82. The number of halogens is 1. The molecular formula is C18H23ClN2O. The van der Waals surface area contributed by atoms with Crippen molar-refractivity contribution in [2.45, 2.75) is 38.8 Å². The van der Waals surface area contributed by atoms with Gasteiger partial charge in [-0.05, 0) is 37.8 Å². The molecule has 0 bridgehead atoms. The smallest absolute Gasteiger partial charge is 0.0891 e. The molecule has 118 valence electrons. The quantitative estimate of drug-likeness (QED) is 0.933. The number of likely N-dealkylation sites (tertiary alicyclic amines) is 1. The zero-order chi connectivity index (χ0) is 15.7. The highest BCUT2D eigenvalue weighted by atomic mass is 35.5. The lowest BCUT2D eigenvalue weighted by molar-refractivity contribution is -0.0610. The van der Waals surface area contributed by atoms with E-state index in [0.717, 1.165) is 49.1 Å². The molecule has 0 amide bonds. The molecule has 2 aromatic rings. The van der Waals surface area contributed by atoms with Gasteiger partial charge in [-0.2, -0.15) is 0 Å². The van der Waals surface area contributed by atoms with Crippen LogP contribution in [0, 0.1) is 5.92 Å². The lowest BCUT2D eigenvalue weighted by atomic mass is 9.81. The Hall–Kier alpha value is -1.16. The summed E-state index contributed by atoms with van der Waals surface area (Å²) in [5, 5.41) is 12.2. The van der Waals surface area contributed by atoms with Gasteiger partial charge < -0.3 is 5.11 Å². The van der Waals surface area contributed by atoms with Gasteiger partial charge in [0.2, 0.25) is 0 Å². The number of benzene rings is 1. The zero-order valence-corrected chi connectivity index (χ0v) is 14.0. The summed E-state index contributed by atoms with van der Waals surface area (Å²) in [6, 6.07) is 10.0. The van der Waals surface area contributed by atoms with E-state index in [-0.39, 0.29) is 0 Å². The lowest BCUT2D eigenvalue weighted by Gasteiger charge is -2.42. The first-order valence-electron chi connectivity index (χ1n) is 7.98. The van der Waals surface area contributed by atoms with E-state index in [9.17, 15) is 5.11 Å². The summed E-state index contributed by atoms with van der Waals surface area (Å²) in [4.78, 5) is 7.11. The third-order valence-electron chi connectivity index (χ3n) is 4.90. The second-order valence-corrected chi connectivity index (χ2v) is 6.97. The number of piperidine rings is 1. The fourth-order valence-corrected chi connectivity index (χ4v) is 3.59. The Bertz CT molecular complexity index is 671. The van der Waals surface area contributed by atoms with Gasteiger partial charge in [-0.1, -0.05) is 36.7 Å². The van der Waals surface area contributed by atoms with Crippen molar-refractivity contribution in [3.05, 3.63) is 41.0 Å².